The maximum absolute atomic E-state index is 16.0. The maximum atomic E-state index is 16.0. The van der Waals surface area contributed by atoms with Gasteiger partial charge in [0.2, 0.25) is 59.3 Å². The van der Waals surface area contributed by atoms with Crippen LogP contribution >= 0.6 is 35.0 Å². The summed E-state index contributed by atoms with van der Waals surface area (Å²) in [5, 5.41) is 142. The number of aromatic hydroxyl groups is 3. The number of primary amides is 1. The summed E-state index contributed by atoms with van der Waals surface area (Å²) in [5.41, 5.74) is 8.20. The molecule has 0 spiro atoms. The van der Waals surface area contributed by atoms with E-state index in [4.69, 9.17) is 72.6 Å². The fraction of sp³-hybridized carbons (Fsp3) is 0.434. The van der Waals surface area contributed by atoms with Gasteiger partial charge in [0.15, 0.2) is 29.9 Å². The molecule has 9 amide bonds. The minimum Gasteiger partial charge on any atom is -0.508 e. The number of thioether (sulfide) groups is 1. The lowest BCUT2D eigenvalue weighted by Gasteiger charge is -2.47. The normalized spacial score (nSPS) is 28.7. The Hall–Kier alpha value is -11.6. The average Bonchev–Trinajstić information content (AvgIpc) is 1.56. The van der Waals surface area contributed by atoms with Crippen molar-refractivity contribution in [1.82, 2.24) is 47.4 Å². The summed E-state index contributed by atoms with van der Waals surface area (Å²) in [4.78, 5) is 155. The van der Waals surface area contributed by atoms with Crippen molar-refractivity contribution in [2.45, 2.75) is 192 Å². The molecule has 0 saturated carbocycles. The fourth-order valence-corrected chi connectivity index (χ4v) is 18.0. The Balaban J connectivity index is 0.000000479. The van der Waals surface area contributed by atoms with Crippen LogP contribution in [0.25, 0.3) is 11.1 Å². The first kappa shape index (κ1) is 94.5. The number of phenolic OH excluding ortho intramolecular Hbond substituents is 3. The Morgan fingerprint density at radius 1 is 0.677 bits per heavy atom. The number of ether oxygens (including phenoxy) is 8. The van der Waals surface area contributed by atoms with Crippen molar-refractivity contribution in [2.24, 2.45) is 17.4 Å². The second-order valence-electron chi connectivity index (χ2n) is 32.3. The topological polar surface area (TPSA) is 636 Å². The molecule has 127 heavy (non-hydrogen) atoms. The minimum absolute atomic E-state index is 0.0975. The number of carbonyl (C=O) groups excluding carboxylic acids is 9. The molecule has 4 saturated heterocycles. The largest absolute Gasteiger partial charge is 0.508 e. The van der Waals surface area contributed by atoms with E-state index in [1.165, 1.54) is 63.9 Å². The molecule has 0 radical (unpaired) electrons. The third-order valence-corrected chi connectivity index (χ3v) is 24.6. The number of aliphatic carboxylic acids is 2. The average molecular weight is 1830 g/mol. The fourth-order valence-electron chi connectivity index (χ4n) is 15.9. The van der Waals surface area contributed by atoms with Gasteiger partial charge in [-0.25, -0.2) is 9.59 Å². The zero-order chi connectivity index (χ0) is 92.8. The zero-order valence-corrected chi connectivity index (χ0v) is 71.5. The highest BCUT2D eigenvalue weighted by molar-refractivity contribution is 8.01. The number of halogens is 2. The lowest BCUT2D eigenvalue weighted by molar-refractivity contribution is -0.333. The van der Waals surface area contributed by atoms with Crippen molar-refractivity contribution in [3.8, 4) is 68.6 Å². The van der Waals surface area contributed by atoms with E-state index in [9.17, 15) is 94.5 Å². The van der Waals surface area contributed by atoms with E-state index in [1.807, 2.05) is 13.8 Å². The lowest BCUT2D eigenvalue weighted by atomic mass is 9.86. The number of nitrogens with one attached hydrogen (secondary N) is 8. The summed E-state index contributed by atoms with van der Waals surface area (Å²) in [6.07, 6.45) is -18.6. The third kappa shape index (κ3) is 19.6. The summed E-state index contributed by atoms with van der Waals surface area (Å²) in [5.74, 6) is -17.3. The summed E-state index contributed by atoms with van der Waals surface area (Å²) in [6.45, 7) is 9.22. The molecule has 0 aliphatic carbocycles. The molecule has 9 aliphatic heterocycles. The molecule has 23 N–H and O–H groups in total. The molecule has 41 nitrogen and oxygen atoms in total. The number of rotatable bonds is 18. The van der Waals surface area contributed by atoms with E-state index < -0.39 is 277 Å². The number of likely N-dealkylation sites (N-methyl/N-ethyl adjacent to an activating group) is 1. The summed E-state index contributed by atoms with van der Waals surface area (Å²) >= 11 is 15.5. The van der Waals surface area contributed by atoms with Gasteiger partial charge < -0.3 is 153 Å². The highest BCUT2D eigenvalue weighted by atomic mass is 35.5. The maximum Gasteiger partial charge on any atom is 0.330 e. The molecule has 9 aliphatic rings. The molecule has 6 aromatic carbocycles. The Bertz CT molecular complexity index is 5300. The molecule has 6 aromatic rings. The number of nitrogens with two attached hydrogens (primary N) is 2. The predicted octanol–water partition coefficient (Wildman–Crippen LogP) is 1.06. The van der Waals surface area contributed by atoms with Gasteiger partial charge in [0.25, 0.3) is 5.91 Å². The number of phenols is 3. The van der Waals surface area contributed by atoms with Crippen LogP contribution in [-0.2, 0) is 62.2 Å². The number of methoxy groups -OCH3 is 2. The first-order valence-electron chi connectivity index (χ1n) is 39.6. The predicted molar refractivity (Wildman–Crippen MR) is 444 cm³/mol. The molecule has 15 rings (SSSR count). The Morgan fingerprint density at radius 3 is 1.84 bits per heavy atom. The van der Waals surface area contributed by atoms with Gasteiger partial charge in [0.1, 0.15) is 124 Å². The van der Waals surface area contributed by atoms with E-state index >= 15 is 14.4 Å². The van der Waals surface area contributed by atoms with E-state index in [0.717, 1.165) is 66.7 Å². The number of fused-ring (bicyclic) bond motifs is 16. The molecule has 9 heterocycles. The van der Waals surface area contributed by atoms with Crippen LogP contribution in [0.5, 0.6) is 57.5 Å². The molecule has 4 fully saturated rings. The second kappa shape index (κ2) is 38.1. The number of hydrogen-bond donors (Lipinski definition) is 21. The van der Waals surface area contributed by atoms with Gasteiger partial charge in [-0.05, 0) is 136 Å². The van der Waals surface area contributed by atoms with Crippen LogP contribution in [0.3, 0.4) is 0 Å². The summed E-state index contributed by atoms with van der Waals surface area (Å²) in [7, 11) is 4.35. The third-order valence-electron chi connectivity index (χ3n) is 22.4. The van der Waals surface area contributed by atoms with Crippen molar-refractivity contribution in [3.63, 3.8) is 0 Å². The zero-order valence-electron chi connectivity index (χ0n) is 69.1. The van der Waals surface area contributed by atoms with Gasteiger partial charge in [0.05, 0.1) is 55.5 Å². The number of benzene rings is 6. The smallest absolute Gasteiger partial charge is 0.330 e. The number of nitrogens with zero attached hydrogens (tertiary/aromatic N) is 1. The van der Waals surface area contributed by atoms with E-state index in [1.54, 1.807) is 32.0 Å². The molecule has 682 valence electrons. The van der Waals surface area contributed by atoms with Crippen molar-refractivity contribution in [2.75, 3.05) is 27.9 Å². The molecule has 0 aromatic heterocycles. The Morgan fingerprint density at radius 2 is 1.28 bits per heavy atom. The van der Waals surface area contributed by atoms with Crippen LogP contribution < -0.4 is 77.7 Å². The number of hydrogen-bond acceptors (Lipinski definition) is 31. The standard InChI is InChI=1S/C66H75Cl2N9O24.C17H20N2O6S/c1-23(2)12-34(71-5)58(88)76-49-51(83)26-7-10-38(32(67)14-26)97-40-16-28-17-41(55(40)101-65-56(54(86)53(85)42(22-78)99-65)100-44-21-66(4,70)57(87)24(3)96-44)98-39-11-8-27(15-33(39)68)52(84)50-63(93)75-48(64(94)95)31-18-29(79)19-37(81)45(31)30-13-25(6-9-36(30)80)46(60(90)77-50)74-61(91)47(28)73-59(89)35(20-43(69)82)72-62(49)92;1-17(2)12(16(22)23)19-14(21)11(15(19)26-17)18-13(20)10-8(24-3)6-5-7-9(10)25-4/h6-11,13-19,23-24,34-35,42,44,46-54,56-57,65,71,78-81,83-87H,12,20-22,70H2,1-5H3,(H2,69,82)(H,72,92)(H,73,89)(H,74,91)(H,75,93)(H,76,88)(H,77,90)(H,94,95);5-7,11-12,15H,1-4H3,(H,18,20)(H,22,23)/t24-,34+,35-,42+,44-,46+,47+,48+,49+,50-,51+,52+,53+,54-,56+,57?,65-,66-;11-,12+,15-/m01/s1. The monoisotopic (exact) mass is 1830 g/mol. The van der Waals surface area contributed by atoms with Crippen molar-refractivity contribution in [1.29, 1.82) is 0 Å². The van der Waals surface area contributed by atoms with Crippen LogP contribution in [0.1, 0.15) is 129 Å². The number of carboxylic acids is 2. The molecule has 21 atom stereocenters. The van der Waals surface area contributed by atoms with Gasteiger partial charge in [0, 0.05) is 39.5 Å². The summed E-state index contributed by atoms with van der Waals surface area (Å²) < 4.78 is 48.1. The second-order valence-corrected chi connectivity index (χ2v) is 34.9. The molecule has 44 heteroatoms. The van der Waals surface area contributed by atoms with Gasteiger partial charge in [-0.15, -0.1) is 11.8 Å². The quantitative estimate of drug-likeness (QED) is 0.0535. The van der Waals surface area contributed by atoms with Gasteiger partial charge in [-0.3, -0.25) is 43.2 Å². The van der Waals surface area contributed by atoms with E-state index in [0.29, 0.717) is 11.5 Å². The first-order valence-corrected chi connectivity index (χ1v) is 41.2. The number of carbonyl (C=O) groups is 11. The number of aliphatic hydroxyl groups is 6. The van der Waals surface area contributed by atoms with Crippen LogP contribution in [0.2, 0.25) is 10.0 Å². The van der Waals surface area contributed by atoms with Crippen LogP contribution in [-0.4, -0.2) is 255 Å². The van der Waals surface area contributed by atoms with Crippen molar-refractivity contribution < 1.29 is 147 Å². The molecule has 1 unspecified atom stereocenters. The first-order chi connectivity index (χ1) is 59.9. The Labute approximate surface area is 737 Å². The number of amides is 9. The molecular formula is C83H95Cl2N11O30S. The number of carboxylic acid groups (broad SMARTS) is 2. The highest BCUT2D eigenvalue weighted by Gasteiger charge is 2.64. The summed E-state index contributed by atoms with van der Waals surface area (Å²) in [6, 6.07) is 2.56. The van der Waals surface area contributed by atoms with E-state index in [2.05, 4.69) is 42.5 Å². The molecule has 11 bridgehead atoms. The van der Waals surface area contributed by atoms with Gasteiger partial charge in [-0.1, -0.05) is 61.3 Å². The highest BCUT2D eigenvalue weighted by Crippen LogP contribution is 2.53. The van der Waals surface area contributed by atoms with Crippen molar-refractivity contribution in [3.05, 3.63) is 140 Å². The lowest BCUT2D eigenvalue weighted by Crippen LogP contribution is -2.70. The molecular weight excluding hydrogens is 1730 g/mol. The van der Waals surface area contributed by atoms with Crippen LogP contribution in [0, 0.1) is 5.92 Å². The van der Waals surface area contributed by atoms with Crippen molar-refractivity contribution >= 4 is 100 Å². The van der Waals surface area contributed by atoms with Gasteiger partial charge >= 0.3 is 11.9 Å². The SMILES string of the molecule is CN[C@H](CC(C)C)C(=O)N[C@H]1C(=O)N[C@@H](CC(N)=O)C(=O)N[C@H]2C(=O)N[C@H]3C(=O)N[C@H](C(=O)N[C@@H](C(=O)O)c4cc(O)cc(O)c4-c4cc3ccc4O)[C@H](O)c3ccc(c(Cl)c3)Oc3cc2cc(c3O[C@@H]2O[C@H](CO)[C@@H](O)[C@H](O)[C@H]2O[C@H]2C[C@](C)(N)C(O)[C@H](C)O2)Oc2ccc(cc2Cl)[C@H]1O.COc1cccc(OC)c1C(=O)N[C@@H]1C(=O)N2[C@@H]1SC(C)(C)[C@@H]2C(=O)O. The van der Waals surface area contributed by atoms with Crippen LogP contribution in [0.4, 0.5) is 0 Å². The minimum atomic E-state index is -2.35. The van der Waals surface area contributed by atoms with Crippen LogP contribution in [0.15, 0.2) is 97.1 Å². The van der Waals surface area contributed by atoms with Gasteiger partial charge in [-0.2, -0.15) is 0 Å². The van der Waals surface area contributed by atoms with E-state index in [-0.39, 0.29) is 51.8 Å². The number of β-lactam (4-membered cyclic amide) rings is 1. The number of aliphatic hydroxyl groups excluding tert-OH is 6. The Kier molecular flexibility index (Phi) is 28.4.